The molecule has 0 saturated carbocycles. The topological polar surface area (TPSA) is 46.9 Å². The zero-order valence-corrected chi connectivity index (χ0v) is 12.6. The fraction of sp³-hybridized carbons (Fsp3) is 0.412. The highest BCUT2D eigenvalue weighted by atomic mass is 16.1. The Kier molecular flexibility index (Phi) is 3.78. The molecule has 1 aliphatic heterocycles. The molecular weight excluding hydrogens is 262 g/mol. The molecule has 0 radical (unpaired) electrons. The summed E-state index contributed by atoms with van der Waals surface area (Å²) in [5.74, 6) is 0.955. The van der Waals surface area contributed by atoms with Crippen LogP contribution in [0.5, 0.6) is 0 Å². The van der Waals surface area contributed by atoms with Gasteiger partial charge < -0.3 is 9.88 Å². The highest BCUT2D eigenvalue weighted by Crippen LogP contribution is 2.15. The molecule has 4 heteroatoms. The average Bonchev–Trinajstić information content (AvgIpc) is 2.92. The summed E-state index contributed by atoms with van der Waals surface area (Å²) >= 11 is 0. The monoisotopic (exact) mass is 283 g/mol. The highest BCUT2D eigenvalue weighted by molar-refractivity contribution is 5.92. The van der Waals surface area contributed by atoms with Crippen LogP contribution < -0.4 is 5.32 Å². The maximum atomic E-state index is 12.2. The van der Waals surface area contributed by atoms with Gasteiger partial charge in [-0.05, 0) is 37.8 Å². The fourth-order valence-corrected chi connectivity index (χ4v) is 2.78. The molecule has 1 aromatic carbocycles. The summed E-state index contributed by atoms with van der Waals surface area (Å²) in [4.78, 5) is 16.7. The van der Waals surface area contributed by atoms with E-state index in [9.17, 15) is 4.79 Å². The van der Waals surface area contributed by atoms with Crippen LogP contribution >= 0.6 is 0 Å². The molecule has 0 spiro atoms. The number of fused-ring (bicyclic) bond motifs is 1. The Morgan fingerprint density at radius 1 is 1.33 bits per heavy atom. The smallest absolute Gasteiger partial charge is 0.271 e. The van der Waals surface area contributed by atoms with Gasteiger partial charge in [-0.1, -0.05) is 23.8 Å². The largest absolute Gasteiger partial charge is 0.347 e. The Bertz CT molecular complexity index is 649. The molecule has 0 unspecified atom stereocenters. The van der Waals surface area contributed by atoms with Crippen molar-refractivity contribution in [1.29, 1.82) is 0 Å². The molecule has 1 aliphatic rings. The number of hydrogen-bond acceptors (Lipinski definition) is 2. The van der Waals surface area contributed by atoms with Crippen LogP contribution in [0.2, 0.25) is 0 Å². The summed E-state index contributed by atoms with van der Waals surface area (Å²) in [6.07, 6.45) is 5.20. The number of rotatable bonds is 3. The maximum Gasteiger partial charge on any atom is 0.271 e. The van der Waals surface area contributed by atoms with Crippen molar-refractivity contribution >= 4 is 5.91 Å². The lowest BCUT2D eigenvalue weighted by Crippen LogP contribution is -2.23. The predicted molar refractivity (Wildman–Crippen MR) is 82.3 cm³/mol. The Hall–Kier alpha value is -2.10. The summed E-state index contributed by atoms with van der Waals surface area (Å²) in [6, 6.07) is 6.30. The third kappa shape index (κ3) is 2.99. The number of carbonyl (C=O) groups is 1. The van der Waals surface area contributed by atoms with Gasteiger partial charge in [0.1, 0.15) is 11.5 Å². The zero-order valence-electron chi connectivity index (χ0n) is 12.6. The molecular formula is C17H21N3O. The molecule has 21 heavy (non-hydrogen) atoms. The van der Waals surface area contributed by atoms with Crippen LogP contribution in [0.15, 0.2) is 24.4 Å². The summed E-state index contributed by atoms with van der Waals surface area (Å²) in [5, 5.41) is 2.98. The number of hydrogen-bond donors (Lipinski definition) is 1. The highest BCUT2D eigenvalue weighted by Gasteiger charge is 2.16. The number of imidazole rings is 1. The predicted octanol–water partition coefficient (Wildman–Crippen LogP) is 2.77. The van der Waals surface area contributed by atoms with Gasteiger partial charge in [-0.2, -0.15) is 0 Å². The van der Waals surface area contributed by atoms with Crippen LogP contribution in [0.3, 0.4) is 0 Å². The van der Waals surface area contributed by atoms with E-state index in [1.165, 1.54) is 24.0 Å². The van der Waals surface area contributed by atoms with E-state index < -0.39 is 0 Å². The van der Waals surface area contributed by atoms with Gasteiger partial charge in [-0.15, -0.1) is 0 Å². The summed E-state index contributed by atoms with van der Waals surface area (Å²) in [5.41, 5.74) is 4.11. The second-order valence-electron chi connectivity index (χ2n) is 5.81. The molecule has 1 N–H and O–H groups in total. The van der Waals surface area contributed by atoms with E-state index in [-0.39, 0.29) is 5.91 Å². The number of aryl methyl sites for hydroxylation is 4. The first-order valence-corrected chi connectivity index (χ1v) is 7.54. The molecule has 4 nitrogen and oxygen atoms in total. The van der Waals surface area contributed by atoms with Crippen molar-refractivity contribution in [2.75, 3.05) is 0 Å². The number of nitrogens with zero attached hydrogens (tertiary/aromatic N) is 2. The van der Waals surface area contributed by atoms with Crippen LogP contribution in [0.1, 0.15) is 45.8 Å². The van der Waals surface area contributed by atoms with E-state index in [2.05, 4.69) is 46.9 Å². The van der Waals surface area contributed by atoms with Crippen LogP contribution in [-0.2, 0) is 19.5 Å². The molecule has 0 aliphatic carbocycles. The number of amides is 1. The second kappa shape index (κ2) is 5.72. The van der Waals surface area contributed by atoms with Gasteiger partial charge in [-0.3, -0.25) is 4.79 Å². The minimum absolute atomic E-state index is 0.0854. The average molecular weight is 283 g/mol. The lowest BCUT2D eigenvalue weighted by Gasteiger charge is -2.11. The van der Waals surface area contributed by atoms with Crippen molar-refractivity contribution in [1.82, 2.24) is 14.9 Å². The minimum atomic E-state index is -0.0854. The Morgan fingerprint density at radius 2 is 2.19 bits per heavy atom. The van der Waals surface area contributed by atoms with Crippen LogP contribution in [-0.4, -0.2) is 15.5 Å². The van der Waals surface area contributed by atoms with Crippen LogP contribution in [0.25, 0.3) is 0 Å². The van der Waals surface area contributed by atoms with Crippen molar-refractivity contribution in [2.24, 2.45) is 0 Å². The first-order valence-electron chi connectivity index (χ1n) is 7.54. The van der Waals surface area contributed by atoms with E-state index in [0.29, 0.717) is 12.2 Å². The van der Waals surface area contributed by atoms with Gasteiger partial charge in [0.2, 0.25) is 0 Å². The SMILES string of the molecule is Cc1ccc(C)c(CNC(=O)c2cn3c(n2)CCCC3)c1. The summed E-state index contributed by atoms with van der Waals surface area (Å²) < 4.78 is 2.11. The number of benzene rings is 1. The maximum absolute atomic E-state index is 12.2. The van der Waals surface area contributed by atoms with Crippen molar-refractivity contribution in [3.63, 3.8) is 0 Å². The lowest BCUT2D eigenvalue weighted by atomic mass is 10.1. The molecule has 0 fully saturated rings. The van der Waals surface area contributed by atoms with Crippen molar-refractivity contribution in [2.45, 2.75) is 46.2 Å². The van der Waals surface area contributed by atoms with Gasteiger partial charge in [-0.25, -0.2) is 4.98 Å². The van der Waals surface area contributed by atoms with E-state index >= 15 is 0 Å². The number of aromatic nitrogens is 2. The third-order valence-electron chi connectivity index (χ3n) is 4.09. The quantitative estimate of drug-likeness (QED) is 0.941. The Morgan fingerprint density at radius 3 is 3.00 bits per heavy atom. The molecule has 110 valence electrons. The first-order chi connectivity index (χ1) is 10.1. The molecule has 2 aromatic rings. The lowest BCUT2D eigenvalue weighted by molar-refractivity contribution is 0.0946. The molecule has 1 aromatic heterocycles. The van der Waals surface area contributed by atoms with Gasteiger partial charge in [0.15, 0.2) is 0 Å². The van der Waals surface area contributed by atoms with Gasteiger partial charge in [0.25, 0.3) is 5.91 Å². The van der Waals surface area contributed by atoms with E-state index in [1.807, 2.05) is 6.20 Å². The van der Waals surface area contributed by atoms with Crippen molar-refractivity contribution < 1.29 is 4.79 Å². The van der Waals surface area contributed by atoms with E-state index in [1.54, 1.807) is 0 Å². The van der Waals surface area contributed by atoms with Gasteiger partial charge in [0, 0.05) is 25.7 Å². The third-order valence-corrected chi connectivity index (χ3v) is 4.09. The Balaban J connectivity index is 1.69. The van der Waals surface area contributed by atoms with Gasteiger partial charge in [0.05, 0.1) is 0 Å². The van der Waals surface area contributed by atoms with Gasteiger partial charge >= 0.3 is 0 Å². The van der Waals surface area contributed by atoms with E-state index in [0.717, 1.165) is 24.4 Å². The number of nitrogens with one attached hydrogen (secondary N) is 1. The standard InChI is InChI=1S/C17H21N3O/c1-12-6-7-13(2)14(9-12)10-18-17(21)15-11-20-8-4-3-5-16(20)19-15/h6-7,9,11H,3-5,8,10H2,1-2H3,(H,18,21). The summed E-state index contributed by atoms with van der Waals surface area (Å²) in [7, 11) is 0. The molecule has 3 rings (SSSR count). The fourth-order valence-electron chi connectivity index (χ4n) is 2.78. The summed E-state index contributed by atoms with van der Waals surface area (Å²) in [6.45, 7) is 5.66. The minimum Gasteiger partial charge on any atom is -0.347 e. The zero-order chi connectivity index (χ0) is 14.8. The van der Waals surface area contributed by atoms with E-state index in [4.69, 9.17) is 0 Å². The normalized spacial score (nSPS) is 13.8. The molecule has 2 heterocycles. The van der Waals surface area contributed by atoms with Crippen LogP contribution in [0.4, 0.5) is 0 Å². The molecule has 0 saturated heterocycles. The second-order valence-corrected chi connectivity index (χ2v) is 5.81. The van der Waals surface area contributed by atoms with Crippen molar-refractivity contribution in [3.05, 3.63) is 52.6 Å². The number of carbonyl (C=O) groups excluding carboxylic acids is 1. The van der Waals surface area contributed by atoms with Crippen molar-refractivity contribution in [3.8, 4) is 0 Å². The molecule has 0 atom stereocenters. The van der Waals surface area contributed by atoms with Crippen LogP contribution in [0, 0.1) is 13.8 Å². The molecule has 0 bridgehead atoms. The molecule has 1 amide bonds. The first kappa shape index (κ1) is 13.9. The Labute approximate surface area is 125 Å².